The maximum Gasteiger partial charge on any atom is 0.265 e. The molecule has 1 rings (SSSR count). The van der Waals surface area contributed by atoms with Crippen LogP contribution in [0.15, 0.2) is 30.3 Å². The third-order valence-electron chi connectivity index (χ3n) is 1.91. The molecule has 2 amide bonds. The van der Waals surface area contributed by atoms with E-state index >= 15 is 0 Å². The molecule has 0 aliphatic rings. The molecule has 1 aromatic carbocycles. The smallest absolute Gasteiger partial charge is 0.265 e. The van der Waals surface area contributed by atoms with Crippen molar-refractivity contribution in [2.45, 2.75) is 6.42 Å². The van der Waals surface area contributed by atoms with Gasteiger partial charge in [0.2, 0.25) is 5.91 Å². The topological polar surface area (TPSA) is 98.2 Å². The Kier molecular flexibility index (Phi) is 4.23. The van der Waals surface area contributed by atoms with Gasteiger partial charge in [-0.1, -0.05) is 24.3 Å². The van der Waals surface area contributed by atoms with E-state index in [1.165, 1.54) is 0 Å². The van der Waals surface area contributed by atoms with Gasteiger partial charge in [0.25, 0.3) is 5.91 Å². The average Bonchev–Trinajstić information content (AvgIpc) is 2.28. The molecule has 0 unspecified atom stereocenters. The molecule has 84 valence electrons. The standard InChI is InChI=1S/C11H13N3O2/c12-10(15)6-2-4-8-3-1-5-9(7-8)11(16)14-13/h1-5,7H,6,13H2,(H2,12,15)(H,14,16). The maximum atomic E-state index is 11.2. The lowest BCUT2D eigenvalue weighted by molar-refractivity contribution is -0.117. The minimum atomic E-state index is -0.396. The van der Waals surface area contributed by atoms with E-state index in [-0.39, 0.29) is 12.3 Å². The van der Waals surface area contributed by atoms with Crippen molar-refractivity contribution in [3.63, 3.8) is 0 Å². The van der Waals surface area contributed by atoms with Crippen LogP contribution >= 0.6 is 0 Å². The molecule has 16 heavy (non-hydrogen) atoms. The third kappa shape index (κ3) is 3.55. The van der Waals surface area contributed by atoms with Crippen molar-refractivity contribution in [1.29, 1.82) is 0 Å². The number of primary amides is 1. The SMILES string of the molecule is NNC(=O)c1cccc(C=CCC(N)=O)c1. The lowest BCUT2D eigenvalue weighted by atomic mass is 10.1. The zero-order valence-corrected chi connectivity index (χ0v) is 8.64. The molecule has 1 aromatic rings. The van der Waals surface area contributed by atoms with Crippen LogP contribution in [-0.2, 0) is 4.79 Å². The van der Waals surface area contributed by atoms with Crippen LogP contribution in [0.3, 0.4) is 0 Å². The Morgan fingerprint density at radius 1 is 1.38 bits per heavy atom. The third-order valence-corrected chi connectivity index (χ3v) is 1.91. The van der Waals surface area contributed by atoms with Gasteiger partial charge in [-0.25, -0.2) is 5.84 Å². The zero-order chi connectivity index (χ0) is 12.0. The molecule has 0 atom stereocenters. The molecule has 0 spiro atoms. The molecule has 5 nitrogen and oxygen atoms in total. The normalized spacial score (nSPS) is 10.3. The van der Waals surface area contributed by atoms with Crippen molar-refractivity contribution in [2.75, 3.05) is 0 Å². The second kappa shape index (κ2) is 5.67. The van der Waals surface area contributed by atoms with Gasteiger partial charge in [0.15, 0.2) is 0 Å². The molecule has 0 aliphatic heterocycles. The van der Waals surface area contributed by atoms with Crippen molar-refractivity contribution in [2.24, 2.45) is 11.6 Å². The number of carbonyl (C=O) groups is 2. The molecular formula is C11H13N3O2. The monoisotopic (exact) mass is 219 g/mol. The Bertz CT molecular complexity index is 427. The Balaban J connectivity index is 2.78. The molecular weight excluding hydrogens is 206 g/mol. The number of benzene rings is 1. The van der Waals surface area contributed by atoms with E-state index in [1.807, 2.05) is 11.5 Å². The summed E-state index contributed by atoms with van der Waals surface area (Å²) < 4.78 is 0. The number of hydrazine groups is 1. The van der Waals surface area contributed by atoms with Gasteiger partial charge in [-0.2, -0.15) is 0 Å². The van der Waals surface area contributed by atoms with Crippen molar-refractivity contribution in [1.82, 2.24) is 5.43 Å². The second-order valence-electron chi connectivity index (χ2n) is 3.17. The summed E-state index contributed by atoms with van der Waals surface area (Å²) in [5, 5.41) is 0. The molecule has 0 saturated heterocycles. The number of carbonyl (C=O) groups excluding carboxylic acids is 2. The van der Waals surface area contributed by atoms with E-state index in [1.54, 1.807) is 30.4 Å². The molecule has 0 aromatic heterocycles. The van der Waals surface area contributed by atoms with E-state index in [0.29, 0.717) is 5.56 Å². The summed E-state index contributed by atoms with van der Waals surface area (Å²) in [6.45, 7) is 0. The van der Waals surface area contributed by atoms with E-state index < -0.39 is 5.91 Å². The fraction of sp³-hybridized carbons (Fsp3) is 0.0909. The van der Waals surface area contributed by atoms with Crippen LogP contribution in [0, 0.1) is 0 Å². The summed E-state index contributed by atoms with van der Waals surface area (Å²) in [5.41, 5.74) is 8.30. The van der Waals surface area contributed by atoms with Crippen LogP contribution < -0.4 is 17.0 Å². The number of amides is 2. The van der Waals surface area contributed by atoms with Crippen molar-refractivity contribution in [3.8, 4) is 0 Å². The predicted molar refractivity (Wildman–Crippen MR) is 60.9 cm³/mol. The first kappa shape index (κ1) is 11.9. The van der Waals surface area contributed by atoms with Gasteiger partial charge in [-0.15, -0.1) is 0 Å². The van der Waals surface area contributed by atoms with E-state index in [0.717, 1.165) is 5.56 Å². The van der Waals surface area contributed by atoms with Gasteiger partial charge in [0.05, 0.1) is 0 Å². The second-order valence-corrected chi connectivity index (χ2v) is 3.17. The van der Waals surface area contributed by atoms with E-state index in [2.05, 4.69) is 0 Å². The fourth-order valence-corrected chi connectivity index (χ4v) is 1.18. The molecule has 5 N–H and O–H groups in total. The molecule has 0 heterocycles. The van der Waals surface area contributed by atoms with E-state index in [9.17, 15) is 9.59 Å². The highest BCUT2D eigenvalue weighted by Gasteiger charge is 2.02. The highest BCUT2D eigenvalue weighted by Crippen LogP contribution is 2.07. The van der Waals surface area contributed by atoms with E-state index in [4.69, 9.17) is 11.6 Å². The largest absolute Gasteiger partial charge is 0.369 e. The summed E-state index contributed by atoms with van der Waals surface area (Å²) in [5.74, 6) is 4.26. The predicted octanol–water partition coefficient (Wildman–Crippen LogP) is 0.179. The van der Waals surface area contributed by atoms with Gasteiger partial charge in [0, 0.05) is 12.0 Å². The Hall–Kier alpha value is -2.14. The molecule has 5 heteroatoms. The van der Waals surface area contributed by atoms with Gasteiger partial charge < -0.3 is 5.73 Å². The van der Waals surface area contributed by atoms with Gasteiger partial charge in [-0.05, 0) is 17.7 Å². The van der Waals surface area contributed by atoms with Crippen LogP contribution in [-0.4, -0.2) is 11.8 Å². The van der Waals surface area contributed by atoms with Crippen LogP contribution in [0.2, 0.25) is 0 Å². The fourth-order valence-electron chi connectivity index (χ4n) is 1.18. The molecule has 0 bridgehead atoms. The van der Waals surface area contributed by atoms with Crippen molar-refractivity contribution in [3.05, 3.63) is 41.5 Å². The van der Waals surface area contributed by atoms with Crippen LogP contribution in [0.25, 0.3) is 6.08 Å². The highest BCUT2D eigenvalue weighted by atomic mass is 16.2. The van der Waals surface area contributed by atoms with Crippen LogP contribution in [0.5, 0.6) is 0 Å². The Morgan fingerprint density at radius 2 is 2.12 bits per heavy atom. The van der Waals surface area contributed by atoms with Crippen molar-refractivity contribution < 1.29 is 9.59 Å². The number of hydrogen-bond donors (Lipinski definition) is 3. The van der Waals surface area contributed by atoms with Crippen molar-refractivity contribution >= 4 is 17.9 Å². The quantitative estimate of drug-likeness (QED) is 0.382. The summed E-state index contributed by atoms with van der Waals surface area (Å²) in [7, 11) is 0. The first-order valence-corrected chi connectivity index (χ1v) is 4.69. The van der Waals surface area contributed by atoms with Gasteiger partial charge in [-0.3, -0.25) is 15.0 Å². The Morgan fingerprint density at radius 3 is 2.75 bits per heavy atom. The number of hydrogen-bond acceptors (Lipinski definition) is 3. The zero-order valence-electron chi connectivity index (χ0n) is 8.64. The molecule has 0 fully saturated rings. The lowest BCUT2D eigenvalue weighted by Gasteiger charge is -2.00. The maximum absolute atomic E-state index is 11.2. The van der Waals surface area contributed by atoms with Gasteiger partial charge in [0.1, 0.15) is 0 Å². The number of nitrogens with two attached hydrogens (primary N) is 2. The number of nitrogen functional groups attached to an aromatic ring is 1. The molecule has 0 saturated carbocycles. The van der Waals surface area contributed by atoms with Gasteiger partial charge >= 0.3 is 0 Å². The average molecular weight is 219 g/mol. The Labute approximate surface area is 93.1 Å². The summed E-state index contributed by atoms with van der Waals surface area (Å²) >= 11 is 0. The minimum Gasteiger partial charge on any atom is -0.369 e. The number of nitrogens with one attached hydrogen (secondary N) is 1. The minimum absolute atomic E-state index is 0.174. The number of rotatable bonds is 4. The molecule has 0 aliphatic carbocycles. The van der Waals surface area contributed by atoms with Crippen LogP contribution in [0.1, 0.15) is 22.3 Å². The summed E-state index contributed by atoms with van der Waals surface area (Å²) in [6.07, 6.45) is 3.53. The molecule has 0 radical (unpaired) electrons. The first-order valence-electron chi connectivity index (χ1n) is 4.69. The first-order chi connectivity index (χ1) is 7.63. The van der Waals surface area contributed by atoms with Crippen LogP contribution in [0.4, 0.5) is 0 Å². The highest BCUT2D eigenvalue weighted by molar-refractivity contribution is 5.94. The lowest BCUT2D eigenvalue weighted by Crippen LogP contribution is -2.29. The summed E-state index contributed by atoms with van der Waals surface area (Å²) in [4.78, 5) is 21.7. The summed E-state index contributed by atoms with van der Waals surface area (Å²) in [6, 6.07) is 6.85.